The molecular formula is C13H14N2O2S. The molecular weight excluding hydrogens is 248 g/mol. The van der Waals surface area contributed by atoms with E-state index in [0.29, 0.717) is 6.79 Å². The Morgan fingerprint density at radius 1 is 1.33 bits per heavy atom. The zero-order chi connectivity index (χ0) is 12.5. The van der Waals surface area contributed by atoms with Crippen LogP contribution in [0.1, 0.15) is 10.4 Å². The van der Waals surface area contributed by atoms with Crippen molar-refractivity contribution in [2.75, 3.05) is 18.7 Å². The third-order valence-electron chi connectivity index (χ3n) is 2.79. The van der Waals surface area contributed by atoms with Crippen LogP contribution in [0.5, 0.6) is 11.5 Å². The molecule has 0 saturated carbocycles. The number of hydrogen-bond donors (Lipinski definition) is 0. The SMILES string of the molecule is Cc1cnc(N(C)Cc2ccc3c(c2)OCO3)s1. The van der Waals surface area contributed by atoms with Crippen LogP contribution < -0.4 is 14.4 Å². The fourth-order valence-electron chi connectivity index (χ4n) is 1.90. The van der Waals surface area contributed by atoms with Gasteiger partial charge in [-0.05, 0) is 24.6 Å². The van der Waals surface area contributed by atoms with Crippen molar-refractivity contribution in [2.45, 2.75) is 13.5 Å². The first kappa shape index (κ1) is 11.3. The van der Waals surface area contributed by atoms with Gasteiger partial charge >= 0.3 is 0 Å². The molecule has 1 aromatic carbocycles. The van der Waals surface area contributed by atoms with Gasteiger partial charge in [-0.25, -0.2) is 4.98 Å². The fourth-order valence-corrected chi connectivity index (χ4v) is 2.62. The summed E-state index contributed by atoms with van der Waals surface area (Å²) in [4.78, 5) is 7.73. The Morgan fingerprint density at radius 2 is 2.17 bits per heavy atom. The summed E-state index contributed by atoms with van der Waals surface area (Å²) in [7, 11) is 2.04. The van der Waals surface area contributed by atoms with Crippen molar-refractivity contribution in [2.24, 2.45) is 0 Å². The van der Waals surface area contributed by atoms with Crippen LogP contribution in [0.25, 0.3) is 0 Å². The molecule has 94 valence electrons. The Balaban J connectivity index is 1.76. The van der Waals surface area contributed by atoms with E-state index in [9.17, 15) is 0 Å². The number of fused-ring (bicyclic) bond motifs is 1. The van der Waals surface area contributed by atoms with E-state index in [1.165, 1.54) is 10.4 Å². The zero-order valence-corrected chi connectivity index (χ0v) is 11.2. The highest BCUT2D eigenvalue weighted by atomic mass is 32.1. The number of benzene rings is 1. The van der Waals surface area contributed by atoms with E-state index in [1.54, 1.807) is 11.3 Å². The first-order chi connectivity index (χ1) is 8.72. The van der Waals surface area contributed by atoms with Gasteiger partial charge in [-0.2, -0.15) is 0 Å². The average molecular weight is 262 g/mol. The number of aromatic nitrogens is 1. The highest BCUT2D eigenvalue weighted by Gasteiger charge is 2.14. The zero-order valence-electron chi connectivity index (χ0n) is 10.3. The third kappa shape index (κ3) is 2.13. The summed E-state index contributed by atoms with van der Waals surface area (Å²) in [5, 5.41) is 1.03. The van der Waals surface area contributed by atoms with E-state index in [4.69, 9.17) is 9.47 Å². The molecule has 2 heterocycles. The number of aryl methyl sites for hydroxylation is 1. The van der Waals surface area contributed by atoms with Crippen LogP contribution in [-0.2, 0) is 6.54 Å². The van der Waals surface area contributed by atoms with Crippen molar-refractivity contribution in [1.29, 1.82) is 0 Å². The Morgan fingerprint density at radius 3 is 2.94 bits per heavy atom. The Kier molecular flexibility index (Phi) is 2.83. The molecule has 1 aliphatic heterocycles. The fraction of sp³-hybridized carbons (Fsp3) is 0.308. The van der Waals surface area contributed by atoms with Gasteiger partial charge in [-0.3, -0.25) is 0 Å². The summed E-state index contributed by atoms with van der Waals surface area (Å²) in [5.74, 6) is 1.66. The predicted octanol–water partition coefficient (Wildman–Crippen LogP) is 2.82. The van der Waals surface area contributed by atoms with Gasteiger partial charge in [0.15, 0.2) is 16.6 Å². The minimum Gasteiger partial charge on any atom is -0.454 e. The molecule has 0 amide bonds. The molecule has 18 heavy (non-hydrogen) atoms. The van der Waals surface area contributed by atoms with Crippen LogP contribution in [-0.4, -0.2) is 18.8 Å². The van der Waals surface area contributed by atoms with E-state index in [0.717, 1.165) is 23.2 Å². The number of nitrogens with zero attached hydrogens (tertiary/aromatic N) is 2. The van der Waals surface area contributed by atoms with Gasteiger partial charge in [0.25, 0.3) is 0 Å². The lowest BCUT2D eigenvalue weighted by atomic mass is 10.2. The minimum absolute atomic E-state index is 0.320. The van der Waals surface area contributed by atoms with E-state index < -0.39 is 0 Å². The smallest absolute Gasteiger partial charge is 0.231 e. The number of anilines is 1. The van der Waals surface area contributed by atoms with Crippen LogP contribution in [0.15, 0.2) is 24.4 Å². The van der Waals surface area contributed by atoms with Crippen molar-refractivity contribution in [3.8, 4) is 11.5 Å². The van der Waals surface area contributed by atoms with Gasteiger partial charge in [-0.1, -0.05) is 6.07 Å². The number of rotatable bonds is 3. The molecule has 5 heteroatoms. The standard InChI is InChI=1S/C13H14N2O2S/c1-9-6-14-13(18-9)15(2)7-10-3-4-11-12(5-10)17-8-16-11/h3-6H,7-8H2,1-2H3. The Bertz CT molecular complexity index is 568. The second-order valence-electron chi connectivity index (χ2n) is 4.30. The summed E-state index contributed by atoms with van der Waals surface area (Å²) >= 11 is 1.70. The van der Waals surface area contributed by atoms with Crippen molar-refractivity contribution >= 4 is 16.5 Å². The van der Waals surface area contributed by atoms with Crippen molar-refractivity contribution in [1.82, 2.24) is 4.98 Å². The molecule has 0 atom stereocenters. The molecule has 0 unspecified atom stereocenters. The molecule has 0 aliphatic carbocycles. The molecule has 1 aliphatic rings. The summed E-state index contributed by atoms with van der Waals surface area (Å²) < 4.78 is 10.7. The summed E-state index contributed by atoms with van der Waals surface area (Å²) in [6, 6.07) is 6.04. The maximum atomic E-state index is 5.38. The van der Waals surface area contributed by atoms with Crippen LogP contribution >= 0.6 is 11.3 Å². The van der Waals surface area contributed by atoms with Crippen LogP contribution in [0, 0.1) is 6.92 Å². The summed E-state index contributed by atoms with van der Waals surface area (Å²) in [6.45, 7) is 3.19. The lowest BCUT2D eigenvalue weighted by Crippen LogP contribution is -2.15. The molecule has 4 nitrogen and oxygen atoms in total. The van der Waals surface area contributed by atoms with E-state index >= 15 is 0 Å². The van der Waals surface area contributed by atoms with Gasteiger partial charge in [0.2, 0.25) is 6.79 Å². The highest BCUT2D eigenvalue weighted by molar-refractivity contribution is 7.15. The summed E-state index contributed by atoms with van der Waals surface area (Å²) in [5.41, 5.74) is 1.19. The second-order valence-corrected chi connectivity index (χ2v) is 5.51. The first-order valence-electron chi connectivity index (χ1n) is 5.74. The second kappa shape index (κ2) is 4.49. The molecule has 0 spiro atoms. The van der Waals surface area contributed by atoms with Crippen molar-refractivity contribution < 1.29 is 9.47 Å². The van der Waals surface area contributed by atoms with Crippen LogP contribution in [0.4, 0.5) is 5.13 Å². The molecule has 0 saturated heterocycles. The molecule has 3 rings (SSSR count). The first-order valence-corrected chi connectivity index (χ1v) is 6.56. The largest absolute Gasteiger partial charge is 0.454 e. The normalized spacial score (nSPS) is 12.8. The van der Waals surface area contributed by atoms with Crippen molar-refractivity contribution in [3.63, 3.8) is 0 Å². The molecule has 2 aromatic rings. The molecule has 0 radical (unpaired) electrons. The van der Waals surface area contributed by atoms with Gasteiger partial charge < -0.3 is 14.4 Å². The lowest BCUT2D eigenvalue weighted by Gasteiger charge is -2.15. The maximum Gasteiger partial charge on any atom is 0.231 e. The number of ether oxygens (including phenoxy) is 2. The topological polar surface area (TPSA) is 34.6 Å². The van der Waals surface area contributed by atoms with E-state index in [1.807, 2.05) is 25.4 Å². The van der Waals surface area contributed by atoms with E-state index in [2.05, 4.69) is 22.9 Å². The molecule has 0 N–H and O–H groups in total. The monoisotopic (exact) mass is 262 g/mol. The van der Waals surface area contributed by atoms with Crippen LogP contribution in [0.3, 0.4) is 0 Å². The van der Waals surface area contributed by atoms with Crippen molar-refractivity contribution in [3.05, 3.63) is 34.8 Å². The predicted molar refractivity (Wildman–Crippen MR) is 71.5 cm³/mol. The van der Waals surface area contributed by atoms with Gasteiger partial charge in [-0.15, -0.1) is 11.3 Å². The highest BCUT2D eigenvalue weighted by Crippen LogP contribution is 2.33. The van der Waals surface area contributed by atoms with Gasteiger partial charge in [0.1, 0.15) is 0 Å². The van der Waals surface area contributed by atoms with Crippen LogP contribution in [0.2, 0.25) is 0 Å². The molecule has 0 bridgehead atoms. The average Bonchev–Trinajstić information content (AvgIpc) is 2.96. The lowest BCUT2D eigenvalue weighted by molar-refractivity contribution is 0.174. The Hall–Kier alpha value is -1.75. The summed E-state index contributed by atoms with van der Waals surface area (Å²) in [6.07, 6.45) is 1.90. The third-order valence-corrected chi connectivity index (χ3v) is 3.82. The van der Waals surface area contributed by atoms with Gasteiger partial charge in [0.05, 0.1) is 0 Å². The van der Waals surface area contributed by atoms with E-state index in [-0.39, 0.29) is 0 Å². The quantitative estimate of drug-likeness (QED) is 0.852. The number of hydrogen-bond acceptors (Lipinski definition) is 5. The molecule has 1 aromatic heterocycles. The van der Waals surface area contributed by atoms with Gasteiger partial charge in [0, 0.05) is 24.7 Å². The maximum absolute atomic E-state index is 5.38. The Labute approximate surface area is 110 Å². The molecule has 0 fully saturated rings. The minimum atomic E-state index is 0.320. The number of thiazole rings is 1.